The summed E-state index contributed by atoms with van der Waals surface area (Å²) in [4.78, 5) is 4.85. The molecule has 3 heterocycles. The molecule has 254 valence electrons. The van der Waals surface area contributed by atoms with E-state index in [4.69, 9.17) is 14.8 Å². The maximum atomic E-state index is 6.79. The van der Waals surface area contributed by atoms with Gasteiger partial charge in [0.2, 0.25) is 0 Å². The Labute approximate surface area is 296 Å². The van der Waals surface area contributed by atoms with Gasteiger partial charge in [0, 0.05) is 40.4 Å². The van der Waals surface area contributed by atoms with Crippen LogP contribution in [0.15, 0.2) is 91.1 Å². The van der Waals surface area contributed by atoms with Crippen molar-refractivity contribution in [1.82, 2.24) is 19.3 Å². The Morgan fingerprint density at radius 2 is 1.44 bits per heavy atom. The Bertz CT molecular complexity index is 2380. The van der Waals surface area contributed by atoms with E-state index in [0.717, 1.165) is 51.8 Å². The van der Waals surface area contributed by atoms with E-state index in [0.29, 0.717) is 5.92 Å². The number of benzene rings is 4. The lowest BCUT2D eigenvalue weighted by atomic mass is 9.86. The van der Waals surface area contributed by atoms with Gasteiger partial charge in [-0.05, 0) is 123 Å². The molecule has 0 aliphatic rings. The molecule has 7 aromatic rings. The topological polar surface area (TPSA) is 44.9 Å². The van der Waals surface area contributed by atoms with Crippen LogP contribution in [0, 0.1) is 40.5 Å². The van der Waals surface area contributed by atoms with E-state index < -0.39 is 0 Å². The van der Waals surface area contributed by atoms with Crippen molar-refractivity contribution in [2.75, 3.05) is 0 Å². The molecule has 0 N–H and O–H groups in total. The molecule has 5 heteroatoms. The van der Waals surface area contributed by atoms with Crippen LogP contribution in [0.1, 0.15) is 73.8 Å². The van der Waals surface area contributed by atoms with Crippen molar-refractivity contribution in [3.63, 3.8) is 0 Å². The molecule has 5 nitrogen and oxygen atoms in total. The highest BCUT2D eigenvalue weighted by Crippen LogP contribution is 2.39. The van der Waals surface area contributed by atoms with Crippen LogP contribution in [0.3, 0.4) is 0 Å². The quantitative estimate of drug-likeness (QED) is 0.171. The van der Waals surface area contributed by atoms with Crippen LogP contribution >= 0.6 is 0 Å². The van der Waals surface area contributed by atoms with Gasteiger partial charge in [-0.15, -0.1) is 0 Å². The summed E-state index contributed by atoms with van der Waals surface area (Å²) in [6, 6.07) is 30.4. The smallest absolute Gasteiger partial charge is 0.137 e. The number of hydrogen-bond donors (Lipinski definition) is 0. The number of pyridine rings is 1. The van der Waals surface area contributed by atoms with Gasteiger partial charge in [0.1, 0.15) is 17.3 Å². The van der Waals surface area contributed by atoms with Gasteiger partial charge in [-0.2, -0.15) is 5.10 Å². The molecular weight excluding hydrogens is 613 g/mol. The lowest BCUT2D eigenvalue weighted by molar-refractivity contribution is 0.478. The maximum Gasteiger partial charge on any atom is 0.137 e. The minimum absolute atomic E-state index is 0.0970. The monoisotopic (exact) mass is 660 g/mol. The zero-order chi connectivity index (χ0) is 35.5. The minimum atomic E-state index is -0.0970. The fraction of sp³-hybridized carbons (Fsp3) is 0.289. The molecule has 0 radical (unpaired) electrons. The van der Waals surface area contributed by atoms with E-state index in [1.165, 1.54) is 49.7 Å². The van der Waals surface area contributed by atoms with Crippen molar-refractivity contribution >= 4 is 21.8 Å². The predicted octanol–water partition coefficient (Wildman–Crippen LogP) is 11.9. The number of para-hydroxylation sites is 1. The third kappa shape index (κ3) is 6.10. The Morgan fingerprint density at radius 3 is 2.16 bits per heavy atom. The van der Waals surface area contributed by atoms with Gasteiger partial charge in [-0.25, -0.2) is 9.67 Å². The van der Waals surface area contributed by atoms with Crippen molar-refractivity contribution in [2.24, 2.45) is 5.92 Å². The zero-order valence-electron chi connectivity index (χ0n) is 31.1. The van der Waals surface area contributed by atoms with E-state index in [9.17, 15) is 0 Å². The molecule has 0 fully saturated rings. The molecule has 0 spiro atoms. The van der Waals surface area contributed by atoms with Crippen molar-refractivity contribution < 1.29 is 4.74 Å². The van der Waals surface area contributed by atoms with Gasteiger partial charge in [0.05, 0.1) is 22.4 Å². The first-order chi connectivity index (χ1) is 23.8. The van der Waals surface area contributed by atoms with Crippen molar-refractivity contribution in [1.29, 1.82) is 0 Å². The first-order valence-electron chi connectivity index (χ1n) is 17.7. The summed E-state index contributed by atoms with van der Waals surface area (Å²) in [6.45, 7) is 22.1. The maximum absolute atomic E-state index is 6.79. The summed E-state index contributed by atoms with van der Waals surface area (Å²) >= 11 is 0. The second-order valence-corrected chi connectivity index (χ2v) is 15.5. The minimum Gasteiger partial charge on any atom is -0.457 e. The van der Waals surface area contributed by atoms with Crippen LogP contribution in [0.25, 0.3) is 44.4 Å². The van der Waals surface area contributed by atoms with Crippen LogP contribution in [0.5, 0.6) is 11.5 Å². The highest BCUT2D eigenvalue weighted by molar-refractivity contribution is 6.09. The number of aryl methyl sites for hydroxylation is 4. The Balaban J connectivity index is 1.34. The lowest BCUT2D eigenvalue weighted by Crippen LogP contribution is -2.12. The molecule has 0 unspecified atom stereocenters. The molecule has 4 aromatic carbocycles. The van der Waals surface area contributed by atoms with Gasteiger partial charge in [-0.3, -0.25) is 4.57 Å². The van der Waals surface area contributed by atoms with E-state index in [1.807, 2.05) is 6.20 Å². The van der Waals surface area contributed by atoms with Crippen LogP contribution in [0.2, 0.25) is 0 Å². The van der Waals surface area contributed by atoms with Gasteiger partial charge >= 0.3 is 0 Å². The third-order valence-corrected chi connectivity index (χ3v) is 9.78. The van der Waals surface area contributed by atoms with Gasteiger partial charge in [0.15, 0.2) is 0 Å². The van der Waals surface area contributed by atoms with E-state index in [2.05, 4.69) is 163 Å². The number of ether oxygens (including phenoxy) is 1. The largest absolute Gasteiger partial charge is 0.457 e. The molecular formula is C45H48N4O. The van der Waals surface area contributed by atoms with E-state index >= 15 is 0 Å². The fourth-order valence-corrected chi connectivity index (χ4v) is 7.61. The van der Waals surface area contributed by atoms with Gasteiger partial charge in [-0.1, -0.05) is 70.5 Å². The third-order valence-electron chi connectivity index (χ3n) is 9.78. The highest BCUT2D eigenvalue weighted by Gasteiger charge is 2.22. The number of nitrogens with zero attached hydrogens (tertiary/aromatic N) is 4. The van der Waals surface area contributed by atoms with Crippen molar-refractivity contribution in [3.8, 4) is 34.1 Å². The van der Waals surface area contributed by atoms with Crippen LogP contribution in [0.4, 0.5) is 0 Å². The Hall–Kier alpha value is -5.16. The molecule has 0 saturated heterocycles. The summed E-state index contributed by atoms with van der Waals surface area (Å²) in [5.74, 6) is 3.04. The first kappa shape index (κ1) is 33.3. The summed E-state index contributed by atoms with van der Waals surface area (Å²) in [5, 5.41) is 7.49. The second-order valence-electron chi connectivity index (χ2n) is 15.5. The van der Waals surface area contributed by atoms with Crippen LogP contribution in [-0.2, 0) is 11.8 Å². The van der Waals surface area contributed by atoms with E-state index in [1.54, 1.807) is 0 Å². The van der Waals surface area contributed by atoms with E-state index in [-0.39, 0.29) is 5.41 Å². The zero-order valence-corrected chi connectivity index (χ0v) is 31.1. The molecule has 3 aromatic heterocycles. The summed E-state index contributed by atoms with van der Waals surface area (Å²) in [6.07, 6.45) is 2.94. The number of hydrogen-bond acceptors (Lipinski definition) is 3. The standard InChI is InChI=1S/C45H48N4O/c1-27(2)19-33-17-18-46-42(22-33)48-40-14-12-11-13-38(40)39-16-15-36(26-41(39)48)50-37-24-34(45(8,9)10)23-35(25-37)49-32(7)44(31(6)47-49)43-29(4)20-28(3)21-30(43)5/h11-18,20-27H,19H2,1-10H3. The SMILES string of the molecule is Cc1cc(C)c(-c2c(C)nn(-c3cc(Oc4ccc5c6ccccc6n(-c6cc(CC(C)C)ccn6)c5c4)cc(C(C)(C)C)c3)c2C)c(C)c1. The molecule has 50 heavy (non-hydrogen) atoms. The number of rotatable bonds is 7. The summed E-state index contributed by atoms with van der Waals surface area (Å²) in [5.41, 5.74) is 14.0. The fourth-order valence-electron chi connectivity index (χ4n) is 7.61. The molecule has 0 aliphatic heterocycles. The van der Waals surface area contributed by atoms with Crippen molar-refractivity contribution in [3.05, 3.63) is 130 Å². The Kier molecular flexibility index (Phi) is 8.42. The highest BCUT2D eigenvalue weighted by atomic mass is 16.5. The normalized spacial score (nSPS) is 12.1. The average molecular weight is 661 g/mol. The molecule has 7 rings (SSSR count). The van der Waals surface area contributed by atoms with Gasteiger partial charge < -0.3 is 4.74 Å². The van der Waals surface area contributed by atoms with Crippen LogP contribution in [-0.4, -0.2) is 19.3 Å². The molecule has 0 amide bonds. The molecule has 0 bridgehead atoms. The molecule has 0 aliphatic carbocycles. The average Bonchev–Trinajstić information content (AvgIpc) is 3.53. The number of aromatic nitrogens is 4. The molecule has 0 atom stereocenters. The lowest BCUT2D eigenvalue weighted by Gasteiger charge is -2.22. The number of fused-ring (bicyclic) bond motifs is 3. The van der Waals surface area contributed by atoms with Gasteiger partial charge in [0.25, 0.3) is 0 Å². The molecule has 0 saturated carbocycles. The van der Waals surface area contributed by atoms with Crippen LogP contribution < -0.4 is 4.74 Å². The first-order valence-corrected chi connectivity index (χ1v) is 17.7. The van der Waals surface area contributed by atoms with Crippen molar-refractivity contribution in [2.45, 2.75) is 81.1 Å². The second kappa shape index (κ2) is 12.6. The summed E-state index contributed by atoms with van der Waals surface area (Å²) < 4.78 is 11.1. The summed E-state index contributed by atoms with van der Waals surface area (Å²) in [7, 11) is 0. The predicted molar refractivity (Wildman–Crippen MR) is 209 cm³/mol. The Morgan fingerprint density at radius 1 is 0.720 bits per heavy atom.